The van der Waals surface area contributed by atoms with Crippen LogP contribution in [0.25, 0.3) is 0 Å². The fourth-order valence-electron chi connectivity index (χ4n) is 11.9. The Labute approximate surface area is 373 Å². The van der Waals surface area contributed by atoms with E-state index in [4.69, 9.17) is 0 Å². The summed E-state index contributed by atoms with van der Waals surface area (Å²) in [4.78, 5) is 151. The summed E-state index contributed by atoms with van der Waals surface area (Å²) >= 11 is 0. The minimum atomic E-state index is -0.923. The molecule has 5 fully saturated rings. The van der Waals surface area contributed by atoms with Crippen LogP contribution in [0.4, 0.5) is 0 Å². The van der Waals surface area contributed by atoms with E-state index in [0.29, 0.717) is 57.8 Å². The Morgan fingerprint density at radius 1 is 0.323 bits per heavy atom. The molecule has 0 saturated heterocycles. The molecule has 7 rings (SSSR count). The Kier molecular flexibility index (Phi) is 14.4. The molecule has 2 aromatic heterocycles. The molecule has 0 radical (unpaired) electrons. The number of aromatic nitrogens is 6. The van der Waals surface area contributed by atoms with Crippen molar-refractivity contribution in [3.05, 3.63) is 62.9 Å². The third kappa shape index (κ3) is 9.01. The first-order valence-electron chi connectivity index (χ1n) is 23.4. The lowest BCUT2D eigenvalue weighted by Gasteiger charge is -2.39. The smallest absolute Gasteiger partial charge is 0.247 e. The van der Waals surface area contributed by atoms with Crippen molar-refractivity contribution in [3.63, 3.8) is 0 Å². The molecule has 2 heterocycles. The van der Waals surface area contributed by atoms with Crippen LogP contribution >= 0.6 is 0 Å². The van der Waals surface area contributed by atoms with Crippen LogP contribution < -0.4 is 34.1 Å². The van der Waals surface area contributed by atoms with E-state index in [1.165, 1.54) is 0 Å². The molecule has 5 saturated carbocycles. The molecule has 15 unspecified atom stereocenters. The highest BCUT2D eigenvalue weighted by Crippen LogP contribution is 2.40. The number of rotatable bonds is 10. The van der Waals surface area contributed by atoms with Crippen LogP contribution in [0, 0.1) is 29.6 Å². The van der Waals surface area contributed by atoms with Gasteiger partial charge in [-0.15, -0.1) is 0 Å². The van der Waals surface area contributed by atoms with Gasteiger partial charge in [0.1, 0.15) is 0 Å². The summed E-state index contributed by atoms with van der Waals surface area (Å²) in [6, 6.07) is -6.77. The summed E-state index contributed by atoms with van der Waals surface area (Å²) in [5.74, 6) is -0.452. The van der Waals surface area contributed by atoms with E-state index in [9.17, 15) is 38.4 Å². The Hall–Kier alpha value is -5.66. The third-order valence-electron chi connectivity index (χ3n) is 16.1. The van der Waals surface area contributed by atoms with E-state index in [0.717, 1.165) is 27.4 Å². The van der Waals surface area contributed by atoms with Crippen LogP contribution in [-0.2, 0) is 19.2 Å². The van der Waals surface area contributed by atoms with E-state index in [1.807, 2.05) is 34.6 Å². The average Bonchev–Trinajstić information content (AvgIpc) is 3.26. The van der Waals surface area contributed by atoms with E-state index in [1.54, 1.807) is 24.3 Å². The highest BCUT2D eigenvalue weighted by Gasteiger charge is 2.42. The van der Waals surface area contributed by atoms with E-state index >= 15 is 9.59 Å². The normalized spacial score (nSPS) is 35.1. The van der Waals surface area contributed by atoms with Crippen LogP contribution in [0.15, 0.2) is 48.7 Å². The molecule has 350 valence electrons. The van der Waals surface area contributed by atoms with Crippen LogP contribution in [0.2, 0.25) is 0 Å². The number of nitrogens with zero attached hydrogens (tertiary/aromatic N) is 10. The van der Waals surface area contributed by atoms with Gasteiger partial charge in [0, 0.05) is 36.3 Å². The molecule has 0 aliphatic heterocycles. The van der Waals surface area contributed by atoms with E-state index in [-0.39, 0.29) is 68.1 Å². The van der Waals surface area contributed by atoms with Crippen molar-refractivity contribution >= 4 is 24.3 Å². The van der Waals surface area contributed by atoms with Crippen LogP contribution in [-0.4, -0.2) is 75.9 Å². The highest BCUT2D eigenvalue weighted by atomic mass is 16.2. The highest BCUT2D eigenvalue weighted by molar-refractivity contribution is 5.35. The first-order chi connectivity index (χ1) is 31.1. The number of hydrogen-bond donors (Lipinski definition) is 0. The Balaban J connectivity index is 1.39. The van der Waals surface area contributed by atoms with Crippen molar-refractivity contribution in [2.24, 2.45) is 49.6 Å². The Morgan fingerprint density at radius 3 is 0.785 bits per heavy atom. The lowest BCUT2D eigenvalue weighted by molar-refractivity contribution is 0.151. The van der Waals surface area contributed by atoms with Crippen molar-refractivity contribution in [1.82, 2.24) is 27.4 Å². The lowest BCUT2D eigenvalue weighted by atomic mass is 9.82. The number of hydrogen-bond acceptors (Lipinski definition) is 14. The first kappa shape index (κ1) is 47.3. The second kappa shape index (κ2) is 19.8. The third-order valence-corrected chi connectivity index (χ3v) is 16.1. The van der Waals surface area contributed by atoms with Crippen molar-refractivity contribution < 1.29 is 19.2 Å². The predicted molar refractivity (Wildman–Crippen MR) is 235 cm³/mol. The summed E-state index contributed by atoms with van der Waals surface area (Å²) in [7, 11) is 0. The standard InChI is InChI=1S/C45H60N10O10/c1-25-6-11-30(16-35(25)46-21-56)50-40(60)51(31-12-7-26(2)36(17-31)47-22-57)42(62)54(41(50)61)34-15-10-29(5)39(20-34)55-44(64)52(32-13-8-27(3)37(18-32)48-23-58)43(63)53(45(55)65)33-14-9-28(4)38(19-33)49-24-59/h25-39H,6-20H2,1-5H3. The molecule has 15 atom stereocenters. The van der Waals surface area contributed by atoms with Crippen molar-refractivity contribution in [3.8, 4) is 0 Å². The van der Waals surface area contributed by atoms with E-state index < -0.39 is 94.6 Å². The van der Waals surface area contributed by atoms with Crippen molar-refractivity contribution in [1.29, 1.82) is 0 Å². The zero-order valence-corrected chi connectivity index (χ0v) is 37.8. The molecule has 0 bridgehead atoms. The van der Waals surface area contributed by atoms with Gasteiger partial charge in [-0.2, -0.15) is 0 Å². The molecule has 65 heavy (non-hydrogen) atoms. The topological polar surface area (TPSA) is 250 Å². The second-order valence-corrected chi connectivity index (χ2v) is 19.9. The van der Waals surface area contributed by atoms with Crippen molar-refractivity contribution in [2.45, 2.75) is 191 Å². The quantitative estimate of drug-likeness (QED) is 0.248. The molecule has 5 aliphatic carbocycles. The SMILES string of the molecule is CC1CCC(n2c(=O)n(C3CCC(C)C(N=C=O)C3)c(=O)n(C3CCC(C)C(n4c(=O)n(C5CCC(C)C(N=C=O)C5)c(=O)n(C5CCC(C)C(N=C=O)C5)c4=O)C3)c2=O)CC1N=C=O. The van der Waals surface area contributed by atoms with Gasteiger partial charge >= 0.3 is 34.1 Å². The van der Waals surface area contributed by atoms with Crippen LogP contribution in [0.3, 0.4) is 0 Å². The van der Waals surface area contributed by atoms with Gasteiger partial charge in [-0.3, -0.25) is 0 Å². The molecule has 0 N–H and O–H groups in total. The number of isocyanates is 4. The minimum absolute atomic E-state index is 0.0224. The molecular formula is C45H60N10O10. The zero-order valence-electron chi connectivity index (χ0n) is 37.8. The minimum Gasteiger partial charge on any atom is -0.247 e. The van der Waals surface area contributed by atoms with Crippen LogP contribution in [0.1, 0.15) is 167 Å². The molecule has 0 spiro atoms. The van der Waals surface area contributed by atoms with Crippen molar-refractivity contribution in [2.75, 3.05) is 0 Å². The lowest BCUT2D eigenvalue weighted by Crippen LogP contribution is -2.60. The summed E-state index contributed by atoms with van der Waals surface area (Å²) in [5, 5.41) is 0. The summed E-state index contributed by atoms with van der Waals surface area (Å²) in [5.41, 5.74) is -4.99. The fourth-order valence-corrected chi connectivity index (χ4v) is 11.9. The summed E-state index contributed by atoms with van der Waals surface area (Å²) in [6.45, 7) is 9.60. The van der Waals surface area contributed by atoms with Gasteiger partial charge in [-0.25, -0.2) is 95.3 Å². The molecular weight excluding hydrogens is 841 g/mol. The fraction of sp³-hybridized carbons (Fsp3) is 0.778. The van der Waals surface area contributed by atoms with Gasteiger partial charge in [-0.1, -0.05) is 34.6 Å². The second-order valence-electron chi connectivity index (χ2n) is 19.9. The molecule has 5 aliphatic rings. The molecule has 2 aromatic rings. The van der Waals surface area contributed by atoms with E-state index in [2.05, 4.69) is 20.0 Å². The average molecular weight is 901 g/mol. The Morgan fingerprint density at radius 2 is 0.538 bits per heavy atom. The number of aliphatic imine (C=N–C) groups is 4. The summed E-state index contributed by atoms with van der Waals surface area (Å²) < 4.78 is 6.61. The van der Waals surface area contributed by atoms with Gasteiger partial charge in [-0.05, 0) is 126 Å². The van der Waals surface area contributed by atoms with Gasteiger partial charge in [0.15, 0.2) is 0 Å². The zero-order chi connectivity index (χ0) is 46.9. The van der Waals surface area contributed by atoms with Gasteiger partial charge in [0.2, 0.25) is 24.3 Å². The number of carbonyl (C=O) groups excluding carboxylic acids is 4. The van der Waals surface area contributed by atoms with Crippen LogP contribution in [0.5, 0.6) is 0 Å². The van der Waals surface area contributed by atoms with Gasteiger partial charge in [0.05, 0.1) is 24.2 Å². The monoisotopic (exact) mass is 900 g/mol. The predicted octanol–water partition coefficient (Wildman–Crippen LogP) is 3.52. The maximum absolute atomic E-state index is 15.0. The summed E-state index contributed by atoms with van der Waals surface area (Å²) in [6.07, 6.45) is 11.6. The molecule has 0 aromatic carbocycles. The maximum Gasteiger partial charge on any atom is 0.336 e. The molecule has 20 heteroatoms. The molecule has 20 nitrogen and oxygen atoms in total. The molecule has 0 amide bonds. The maximum atomic E-state index is 15.0. The van der Waals surface area contributed by atoms with Gasteiger partial charge in [0.25, 0.3) is 0 Å². The Bertz CT molecular complexity index is 2540. The first-order valence-corrected chi connectivity index (χ1v) is 23.4. The largest absolute Gasteiger partial charge is 0.336 e. The van der Waals surface area contributed by atoms with Gasteiger partial charge < -0.3 is 0 Å².